The van der Waals surface area contributed by atoms with E-state index < -0.39 is 11.5 Å². The topological polar surface area (TPSA) is 107 Å². The maximum Gasteiger partial charge on any atom is 0.352 e. The number of hydrogen-bond acceptors (Lipinski definition) is 6. The highest BCUT2D eigenvalue weighted by Crippen LogP contribution is 2.46. The lowest BCUT2D eigenvalue weighted by Crippen LogP contribution is -2.48. The normalized spacial score (nSPS) is 15.7. The molecule has 0 saturated carbocycles. The molecule has 0 saturated heterocycles. The number of carbonyl (C=O) groups excluding carboxylic acids is 1. The Labute approximate surface area is 332 Å². The first-order valence-corrected chi connectivity index (χ1v) is 19.8. The van der Waals surface area contributed by atoms with Crippen molar-refractivity contribution in [3.05, 3.63) is 116 Å². The van der Waals surface area contributed by atoms with Gasteiger partial charge in [-0.3, -0.25) is 14.4 Å². The number of rotatable bonds is 10. The highest BCUT2D eigenvalue weighted by molar-refractivity contribution is 7.09. The van der Waals surface area contributed by atoms with E-state index in [1.807, 2.05) is 81.2 Å². The second kappa shape index (κ2) is 14.2. The number of benzene rings is 3. The summed E-state index contributed by atoms with van der Waals surface area (Å²) in [6, 6.07) is 16.9. The largest absolute Gasteiger partial charge is 0.494 e. The molecule has 1 unspecified atom stereocenters. The predicted molar refractivity (Wildman–Crippen MR) is 220 cm³/mol. The number of ether oxygens (including phenoxy) is 1. The van der Waals surface area contributed by atoms with Crippen molar-refractivity contribution < 1.29 is 19.4 Å². The molecule has 7 aromatic rings. The summed E-state index contributed by atoms with van der Waals surface area (Å²) in [5.74, 6) is -0.573. The van der Waals surface area contributed by atoms with E-state index in [4.69, 9.17) is 33.0 Å². The molecule has 5 heterocycles. The third-order valence-electron chi connectivity index (χ3n) is 10.8. The first-order valence-electron chi connectivity index (χ1n) is 18.1. The van der Waals surface area contributed by atoms with Gasteiger partial charge in [0.1, 0.15) is 27.6 Å². The Hall–Kier alpha value is -5.10. The Morgan fingerprint density at radius 1 is 1.04 bits per heavy atom. The van der Waals surface area contributed by atoms with Crippen LogP contribution < -0.4 is 9.64 Å². The number of carboxylic acids is 1. The number of amides is 1. The third kappa shape index (κ3) is 6.09. The van der Waals surface area contributed by atoms with Gasteiger partial charge in [-0.05, 0) is 88.4 Å². The van der Waals surface area contributed by atoms with Crippen LogP contribution in [0.3, 0.4) is 0 Å². The van der Waals surface area contributed by atoms with Crippen LogP contribution in [-0.4, -0.2) is 53.0 Å². The van der Waals surface area contributed by atoms with Crippen molar-refractivity contribution in [3.8, 4) is 16.9 Å². The van der Waals surface area contributed by atoms with Crippen molar-refractivity contribution in [2.45, 2.75) is 65.5 Å². The Morgan fingerprint density at radius 2 is 1.78 bits per heavy atom. The molecule has 1 aliphatic rings. The molecule has 13 heteroatoms. The minimum Gasteiger partial charge on any atom is -0.494 e. The number of alkyl halides is 1. The van der Waals surface area contributed by atoms with Gasteiger partial charge < -0.3 is 19.0 Å². The number of aromatic nitrogens is 5. The van der Waals surface area contributed by atoms with Gasteiger partial charge in [-0.15, -0.1) is 11.3 Å². The summed E-state index contributed by atoms with van der Waals surface area (Å²) in [6.07, 6.45) is 2.90. The molecule has 282 valence electrons. The average Bonchev–Trinajstić information content (AvgIpc) is 3.93. The fraction of sp³-hybridized carbons (Fsp3) is 0.286. The second-order valence-electron chi connectivity index (χ2n) is 14.2. The molecule has 4 aromatic heterocycles. The summed E-state index contributed by atoms with van der Waals surface area (Å²) in [5, 5.41) is 20.0. The van der Waals surface area contributed by atoms with Crippen LogP contribution in [-0.2, 0) is 20.0 Å². The van der Waals surface area contributed by atoms with Crippen LogP contribution >= 0.6 is 34.5 Å². The lowest BCUT2D eigenvalue weighted by molar-refractivity contribution is 0.0686. The Morgan fingerprint density at radius 3 is 2.45 bits per heavy atom. The molecule has 0 fully saturated rings. The van der Waals surface area contributed by atoms with Gasteiger partial charge in [0.2, 0.25) is 0 Å². The molecule has 10 nitrogen and oxygen atoms in total. The summed E-state index contributed by atoms with van der Waals surface area (Å²) >= 11 is 15.3. The lowest BCUT2D eigenvalue weighted by Gasteiger charge is -2.39. The molecule has 0 bridgehead atoms. The van der Waals surface area contributed by atoms with Crippen molar-refractivity contribution in [3.63, 3.8) is 0 Å². The number of hydrogen-bond donors (Lipinski definition) is 1. The summed E-state index contributed by atoms with van der Waals surface area (Å²) < 4.78 is 12.0. The highest BCUT2D eigenvalue weighted by atomic mass is 35.5. The van der Waals surface area contributed by atoms with Crippen molar-refractivity contribution in [2.24, 2.45) is 7.05 Å². The number of carboxylic acid groups (broad SMARTS) is 1. The Balaban J connectivity index is 1.29. The molecule has 3 aromatic carbocycles. The minimum atomic E-state index is -1.07. The van der Waals surface area contributed by atoms with E-state index in [1.165, 1.54) is 11.3 Å². The van der Waals surface area contributed by atoms with Crippen molar-refractivity contribution in [2.75, 3.05) is 11.5 Å². The summed E-state index contributed by atoms with van der Waals surface area (Å²) in [6.45, 7) is 10.7. The number of nitrogens with zero attached hydrogens (tertiary/aromatic N) is 6. The first kappa shape index (κ1) is 36.9. The quantitative estimate of drug-likeness (QED) is 0.0840. The molecule has 0 radical (unpaired) electrons. The Kier molecular flexibility index (Phi) is 9.51. The van der Waals surface area contributed by atoms with Gasteiger partial charge in [0, 0.05) is 51.2 Å². The lowest BCUT2D eigenvalue weighted by atomic mass is 9.98. The summed E-state index contributed by atoms with van der Waals surface area (Å²) in [5.41, 5.74) is 8.67. The molecule has 1 N–H and O–H groups in total. The molecule has 55 heavy (non-hydrogen) atoms. The van der Waals surface area contributed by atoms with Gasteiger partial charge in [0.05, 0.1) is 41.6 Å². The van der Waals surface area contributed by atoms with Gasteiger partial charge in [0.15, 0.2) is 0 Å². The number of anilines is 1. The van der Waals surface area contributed by atoms with E-state index in [2.05, 4.69) is 28.6 Å². The number of thiazole rings is 1. The van der Waals surface area contributed by atoms with Crippen LogP contribution in [0.15, 0.2) is 66.2 Å². The third-order valence-corrected chi connectivity index (χ3v) is 12.7. The zero-order valence-electron chi connectivity index (χ0n) is 31.4. The maximum absolute atomic E-state index is 15.3. The maximum atomic E-state index is 15.3. The van der Waals surface area contributed by atoms with Gasteiger partial charge in [-0.1, -0.05) is 53.5 Å². The van der Waals surface area contributed by atoms with E-state index in [-0.39, 0.29) is 24.2 Å². The van der Waals surface area contributed by atoms with Crippen LogP contribution in [0.5, 0.6) is 5.75 Å². The second-order valence-corrected chi connectivity index (χ2v) is 16.0. The van der Waals surface area contributed by atoms with Gasteiger partial charge >= 0.3 is 5.97 Å². The first-order chi connectivity index (χ1) is 26.4. The average molecular weight is 796 g/mol. The van der Waals surface area contributed by atoms with Crippen LogP contribution in [0.25, 0.3) is 32.9 Å². The fourth-order valence-electron chi connectivity index (χ4n) is 8.23. The molecule has 1 aliphatic heterocycles. The van der Waals surface area contributed by atoms with E-state index in [0.717, 1.165) is 65.9 Å². The van der Waals surface area contributed by atoms with Crippen LogP contribution in [0.4, 0.5) is 5.69 Å². The highest BCUT2D eigenvalue weighted by Gasteiger charge is 2.42. The number of fused-ring (bicyclic) bond motifs is 4. The van der Waals surface area contributed by atoms with Gasteiger partial charge in [-0.25, -0.2) is 9.78 Å². The zero-order chi connectivity index (χ0) is 38.9. The molecular weight excluding hydrogens is 755 g/mol. The van der Waals surface area contributed by atoms with Crippen molar-refractivity contribution >= 4 is 73.9 Å². The summed E-state index contributed by atoms with van der Waals surface area (Å²) in [7, 11) is 1.94. The zero-order valence-corrected chi connectivity index (χ0v) is 33.7. The van der Waals surface area contributed by atoms with Crippen LogP contribution in [0.1, 0.15) is 73.4 Å². The number of halogens is 2. The van der Waals surface area contributed by atoms with Gasteiger partial charge in [-0.2, -0.15) is 5.10 Å². The molecule has 8 rings (SSSR count). The van der Waals surface area contributed by atoms with E-state index in [9.17, 15) is 9.90 Å². The number of para-hydroxylation sites is 2. The number of aryl methyl sites for hydroxylation is 5. The van der Waals surface area contributed by atoms with E-state index >= 15 is 4.79 Å². The number of carbonyl (C=O) groups is 2. The van der Waals surface area contributed by atoms with Gasteiger partial charge in [0.25, 0.3) is 5.91 Å². The molecular formula is C42H40Cl2N6O4S. The van der Waals surface area contributed by atoms with Crippen LogP contribution in [0.2, 0.25) is 5.02 Å². The molecule has 0 spiro atoms. The summed E-state index contributed by atoms with van der Waals surface area (Å²) in [4.78, 5) is 34.0. The van der Waals surface area contributed by atoms with Crippen molar-refractivity contribution in [1.82, 2.24) is 23.9 Å². The van der Waals surface area contributed by atoms with Crippen molar-refractivity contribution in [1.29, 1.82) is 0 Å². The SMILES string of the molecule is Cc1cc(OCCCc2c3n(c4c(-c5c(C)nn(C)c5C)cccc24)[C@H](C)C(Cl)N(c2cccc4cc(C(=O)O)n(Cc5nccs5)c24)C3=O)cc(C)c1Cl. The minimum absolute atomic E-state index is 0.106. The molecule has 2 atom stereocenters. The molecule has 0 aliphatic carbocycles. The predicted octanol–water partition coefficient (Wildman–Crippen LogP) is 9.88. The molecule has 1 amide bonds. The standard InChI is InChI=1S/C42H40Cl2N6O4S/c1-22-18-28(19-23(2)36(22)43)54-16-9-13-30-29-11-8-12-31(35-24(3)46-47(6)25(35)4)38(29)49-26(5)40(44)50(41(51)39(30)49)32-14-7-10-27-20-33(42(52)53)48(37(27)32)21-34-45-15-17-55-34/h7-8,10-12,14-15,17-20,26,40H,9,13,16,21H2,1-6H3,(H,52,53)/t26-,40?/m1/s1. The number of aromatic carboxylic acids is 1. The van der Waals surface area contributed by atoms with E-state index in [0.29, 0.717) is 41.7 Å². The van der Waals surface area contributed by atoms with E-state index in [1.54, 1.807) is 21.7 Å². The fourth-order valence-corrected chi connectivity index (χ4v) is 9.25. The monoisotopic (exact) mass is 794 g/mol. The Bertz CT molecular complexity index is 2630. The van der Waals surface area contributed by atoms with Crippen LogP contribution in [0, 0.1) is 27.7 Å². The smallest absolute Gasteiger partial charge is 0.352 e.